The van der Waals surface area contributed by atoms with Gasteiger partial charge in [0.25, 0.3) is 0 Å². The van der Waals surface area contributed by atoms with E-state index in [0.29, 0.717) is 22.3 Å². The van der Waals surface area contributed by atoms with E-state index in [4.69, 9.17) is 5.48 Å². The zero-order chi connectivity index (χ0) is 38.6. The molecule has 0 spiro atoms. The first-order valence-corrected chi connectivity index (χ1v) is 16.0. The lowest BCUT2D eigenvalue weighted by molar-refractivity contribution is 1.64. The van der Waals surface area contributed by atoms with E-state index in [-0.39, 0.29) is 45.7 Å². The summed E-state index contributed by atoms with van der Waals surface area (Å²) < 4.78 is 73.1. The second-order valence-corrected chi connectivity index (χ2v) is 12.2. The van der Waals surface area contributed by atoms with Gasteiger partial charge in [-0.3, -0.25) is 0 Å². The molecule has 0 heterocycles. The third kappa shape index (κ3) is 4.03. The molecule has 0 saturated heterocycles. The standard InChI is InChI=1S/C48H30/c1-3-18-36-31(13-1)15-12-26-39(36)48-43-24-9-7-22-41(43)47(42-23-8-10-25-44(42)48)34-17-11-16-33(29-34)45-30-35-28-27-32-14-2-4-19-37(32)46(35)40-21-6-5-20-38(40)45/h1-30H/i7D,8D,9D,10D,22D,23D,24D,25D. The maximum absolute atomic E-state index is 9.43. The van der Waals surface area contributed by atoms with Crippen molar-refractivity contribution in [3.05, 3.63) is 182 Å². The predicted molar refractivity (Wildman–Crippen MR) is 208 cm³/mol. The molecule has 0 radical (unpaired) electrons. The van der Waals surface area contributed by atoms with Gasteiger partial charge in [-0.1, -0.05) is 170 Å². The molecule has 0 saturated carbocycles. The second kappa shape index (κ2) is 10.7. The predicted octanol–water partition coefficient (Wildman–Crippen LogP) is 13.6. The van der Waals surface area contributed by atoms with Gasteiger partial charge in [0.05, 0.1) is 11.0 Å². The third-order valence-electron chi connectivity index (χ3n) is 9.64. The molecule has 0 fully saturated rings. The van der Waals surface area contributed by atoms with Crippen LogP contribution in [0.15, 0.2) is 182 Å². The van der Waals surface area contributed by atoms with Crippen LogP contribution in [0.25, 0.3) is 98.0 Å². The summed E-state index contributed by atoms with van der Waals surface area (Å²) >= 11 is 0. The smallest absolute Gasteiger partial charge is 0.0616 e. The van der Waals surface area contributed by atoms with Crippen molar-refractivity contribution >= 4 is 64.6 Å². The molecule has 0 N–H and O–H groups in total. The van der Waals surface area contributed by atoms with Crippen molar-refractivity contribution in [1.82, 2.24) is 0 Å². The zero-order valence-corrected chi connectivity index (χ0v) is 25.7. The van der Waals surface area contributed by atoms with Gasteiger partial charge in [-0.25, -0.2) is 0 Å². The van der Waals surface area contributed by atoms with Crippen LogP contribution in [-0.4, -0.2) is 0 Å². The van der Waals surface area contributed by atoms with E-state index in [1.54, 1.807) is 0 Å². The van der Waals surface area contributed by atoms with Gasteiger partial charge in [0.2, 0.25) is 0 Å². The Bertz CT molecular complexity index is 3260. The van der Waals surface area contributed by atoms with Gasteiger partial charge in [-0.2, -0.15) is 0 Å². The molecule has 0 aromatic heterocycles. The van der Waals surface area contributed by atoms with Crippen LogP contribution in [0.1, 0.15) is 11.0 Å². The van der Waals surface area contributed by atoms with E-state index in [2.05, 4.69) is 48.5 Å². The fourth-order valence-electron chi connectivity index (χ4n) is 7.59. The van der Waals surface area contributed by atoms with Crippen molar-refractivity contribution in [3.8, 4) is 33.4 Å². The van der Waals surface area contributed by atoms with Gasteiger partial charge >= 0.3 is 0 Å². The quantitative estimate of drug-likeness (QED) is 0.137. The van der Waals surface area contributed by atoms with Crippen molar-refractivity contribution in [3.63, 3.8) is 0 Å². The Morgan fingerprint density at radius 2 is 0.833 bits per heavy atom. The Kier molecular flexibility index (Phi) is 4.46. The van der Waals surface area contributed by atoms with Gasteiger partial charge in [0.15, 0.2) is 0 Å². The van der Waals surface area contributed by atoms with Crippen LogP contribution in [0.5, 0.6) is 0 Å². The molecular weight excluding hydrogens is 577 g/mol. The molecule has 0 heteroatoms. The number of hydrogen-bond donors (Lipinski definition) is 0. The summed E-state index contributed by atoms with van der Waals surface area (Å²) in [6.45, 7) is 0. The number of hydrogen-bond acceptors (Lipinski definition) is 0. The van der Waals surface area contributed by atoms with Crippen LogP contribution in [0.2, 0.25) is 0 Å². The highest BCUT2D eigenvalue weighted by Crippen LogP contribution is 2.46. The summed E-state index contributed by atoms with van der Waals surface area (Å²) in [4.78, 5) is 0. The Hall–Kier alpha value is -6.24. The minimum absolute atomic E-state index is 0.198. The largest absolute Gasteiger partial charge is 0.0629 e. The molecule has 0 atom stereocenters. The van der Waals surface area contributed by atoms with E-state index in [0.717, 1.165) is 54.2 Å². The minimum Gasteiger partial charge on any atom is -0.0616 e. The number of fused-ring (bicyclic) bond motifs is 8. The van der Waals surface area contributed by atoms with Crippen molar-refractivity contribution < 1.29 is 11.0 Å². The monoisotopic (exact) mass is 614 g/mol. The van der Waals surface area contributed by atoms with Crippen LogP contribution in [0.4, 0.5) is 0 Å². The summed E-state index contributed by atoms with van der Waals surface area (Å²) in [6.07, 6.45) is 0. The van der Waals surface area contributed by atoms with Crippen LogP contribution in [0.3, 0.4) is 0 Å². The van der Waals surface area contributed by atoms with Crippen LogP contribution < -0.4 is 0 Å². The summed E-state index contributed by atoms with van der Waals surface area (Å²) in [7, 11) is 0. The summed E-state index contributed by atoms with van der Waals surface area (Å²) in [5, 5.41) is 9.16. The van der Waals surface area contributed by atoms with Crippen molar-refractivity contribution in [2.45, 2.75) is 0 Å². The lowest BCUT2D eigenvalue weighted by Crippen LogP contribution is -1.92. The van der Waals surface area contributed by atoms with E-state index < -0.39 is 24.2 Å². The first-order valence-electron chi connectivity index (χ1n) is 20.0. The molecule has 0 unspecified atom stereocenters. The lowest BCUT2D eigenvalue weighted by Gasteiger charge is -2.19. The molecule has 10 aromatic carbocycles. The topological polar surface area (TPSA) is 0 Å². The van der Waals surface area contributed by atoms with Crippen molar-refractivity contribution in [2.75, 3.05) is 0 Å². The Morgan fingerprint density at radius 1 is 0.312 bits per heavy atom. The molecule has 0 amide bonds. The van der Waals surface area contributed by atoms with Crippen LogP contribution in [-0.2, 0) is 0 Å². The average molecular weight is 615 g/mol. The van der Waals surface area contributed by atoms with E-state index in [1.165, 1.54) is 0 Å². The van der Waals surface area contributed by atoms with Crippen LogP contribution >= 0.6 is 0 Å². The van der Waals surface area contributed by atoms with Gasteiger partial charge < -0.3 is 0 Å². The van der Waals surface area contributed by atoms with Crippen LogP contribution in [0, 0.1) is 0 Å². The van der Waals surface area contributed by atoms with Gasteiger partial charge in [-0.15, -0.1) is 0 Å². The highest BCUT2D eigenvalue weighted by atomic mass is 14.2. The zero-order valence-electron chi connectivity index (χ0n) is 33.7. The summed E-state index contributed by atoms with van der Waals surface area (Å²) in [5.41, 5.74) is 3.68. The van der Waals surface area contributed by atoms with E-state index in [9.17, 15) is 5.48 Å². The molecule has 0 nitrogen and oxygen atoms in total. The molecule has 222 valence electrons. The fourth-order valence-corrected chi connectivity index (χ4v) is 7.59. The second-order valence-electron chi connectivity index (χ2n) is 12.2. The fraction of sp³-hybridized carbons (Fsp3) is 0. The van der Waals surface area contributed by atoms with Gasteiger partial charge in [0.1, 0.15) is 0 Å². The Balaban J connectivity index is 1.38. The minimum atomic E-state index is -0.420. The normalized spacial score (nSPS) is 14.1. The summed E-state index contributed by atoms with van der Waals surface area (Å²) in [6, 6.07) is 41.4. The van der Waals surface area contributed by atoms with Crippen molar-refractivity contribution in [1.29, 1.82) is 0 Å². The third-order valence-corrected chi connectivity index (χ3v) is 9.64. The summed E-state index contributed by atoms with van der Waals surface area (Å²) in [5.74, 6) is 0. The highest BCUT2D eigenvalue weighted by Gasteiger charge is 2.19. The first kappa shape index (κ1) is 20.1. The van der Waals surface area contributed by atoms with Gasteiger partial charge in [-0.05, 0) is 110 Å². The number of rotatable bonds is 3. The SMILES string of the molecule is [2H]c1c([2H])c([2H])c2c(-c3cccc4ccccc34)c3c([2H])c([2H])c([2H])c([2H])c3c(-c3cccc(-c4cc5ccc6ccccc6c5c5ccccc45)c3)c2c1[2H]. The van der Waals surface area contributed by atoms with Crippen molar-refractivity contribution in [2.24, 2.45) is 0 Å². The molecule has 0 bridgehead atoms. The number of benzene rings is 10. The average Bonchev–Trinajstić information content (AvgIpc) is 3.24. The molecule has 10 aromatic rings. The molecule has 0 aliphatic carbocycles. The maximum atomic E-state index is 9.43. The lowest BCUT2D eigenvalue weighted by atomic mass is 9.84. The molecule has 48 heavy (non-hydrogen) atoms. The molecule has 0 aliphatic heterocycles. The Labute approximate surface area is 290 Å². The first-order chi connectivity index (χ1) is 27.2. The maximum Gasteiger partial charge on any atom is 0.0629 e. The Morgan fingerprint density at radius 3 is 1.56 bits per heavy atom. The van der Waals surface area contributed by atoms with E-state index in [1.807, 2.05) is 84.9 Å². The van der Waals surface area contributed by atoms with Gasteiger partial charge in [0, 0.05) is 0 Å². The molecular formula is C48H30. The van der Waals surface area contributed by atoms with E-state index >= 15 is 0 Å². The molecule has 10 rings (SSSR count). The highest BCUT2D eigenvalue weighted by molar-refractivity contribution is 6.25. The molecule has 0 aliphatic rings.